The summed E-state index contributed by atoms with van der Waals surface area (Å²) in [6.07, 6.45) is 0.233. The Labute approximate surface area is 120 Å². The fraction of sp³-hybridized carbons (Fsp3) is 0.308. The number of primary amides is 1. The Morgan fingerprint density at radius 3 is 2.62 bits per heavy atom. The molecule has 2 unspecified atom stereocenters. The van der Waals surface area contributed by atoms with E-state index in [9.17, 15) is 14.0 Å². The maximum Gasteiger partial charge on any atom is 0.315 e. The Balaban J connectivity index is 1.97. The first kappa shape index (κ1) is 14.6. The number of nitrogens with two attached hydrogens (primary N) is 1. The Morgan fingerprint density at radius 1 is 1.38 bits per heavy atom. The van der Waals surface area contributed by atoms with Gasteiger partial charge in [0.05, 0.1) is 17.7 Å². The molecule has 0 bridgehead atoms. The maximum absolute atomic E-state index is 12.7. The molecule has 4 N–H and O–H groups in total. The van der Waals surface area contributed by atoms with Gasteiger partial charge in [0.2, 0.25) is 0 Å². The van der Waals surface area contributed by atoms with Crippen LogP contribution in [0.25, 0.3) is 0 Å². The number of urea groups is 1. The van der Waals surface area contributed by atoms with Gasteiger partial charge in [0.15, 0.2) is 0 Å². The Bertz CT molecular complexity index is 583. The fourth-order valence-corrected chi connectivity index (χ4v) is 2.17. The van der Waals surface area contributed by atoms with Crippen molar-refractivity contribution in [1.29, 1.82) is 5.26 Å². The van der Waals surface area contributed by atoms with Crippen LogP contribution in [0.1, 0.15) is 6.42 Å². The number of carbonyl (C=O) groups is 2. The minimum Gasteiger partial charge on any atom is -0.351 e. The third kappa shape index (κ3) is 3.39. The number of rotatable bonds is 3. The molecule has 2 atom stereocenters. The van der Waals surface area contributed by atoms with Crippen LogP contribution in [0.5, 0.6) is 0 Å². The van der Waals surface area contributed by atoms with E-state index in [1.54, 1.807) is 0 Å². The average molecular weight is 291 g/mol. The van der Waals surface area contributed by atoms with E-state index in [0.29, 0.717) is 5.69 Å². The van der Waals surface area contributed by atoms with Crippen molar-refractivity contribution in [2.24, 2.45) is 11.7 Å². The van der Waals surface area contributed by atoms with Crippen LogP contribution >= 0.6 is 0 Å². The van der Waals surface area contributed by atoms with E-state index in [1.807, 2.05) is 6.07 Å². The normalized spacial score (nSPS) is 20.7. The molecule has 8 heteroatoms. The first-order valence-corrected chi connectivity index (χ1v) is 6.28. The van der Waals surface area contributed by atoms with Gasteiger partial charge in [0.25, 0.3) is 5.91 Å². The van der Waals surface area contributed by atoms with Crippen molar-refractivity contribution in [2.75, 3.05) is 12.0 Å². The van der Waals surface area contributed by atoms with Crippen molar-refractivity contribution in [2.45, 2.75) is 12.5 Å². The Kier molecular flexibility index (Phi) is 4.23. The van der Waals surface area contributed by atoms with Crippen LogP contribution in [0.3, 0.4) is 0 Å². The second-order valence-corrected chi connectivity index (χ2v) is 4.69. The van der Waals surface area contributed by atoms with E-state index < -0.39 is 23.9 Å². The van der Waals surface area contributed by atoms with Gasteiger partial charge in [-0.1, -0.05) is 0 Å². The quantitative estimate of drug-likeness (QED) is 0.706. The van der Waals surface area contributed by atoms with Gasteiger partial charge in [-0.3, -0.25) is 15.6 Å². The predicted octanol–water partition coefficient (Wildman–Crippen LogP) is 0.562. The molecule has 0 spiro atoms. The lowest BCUT2D eigenvalue weighted by molar-refractivity contribution is -0.124. The molecule has 2 rings (SSSR count). The molecule has 0 aliphatic carbocycles. The highest BCUT2D eigenvalue weighted by Gasteiger charge is 2.38. The molecule has 21 heavy (non-hydrogen) atoms. The summed E-state index contributed by atoms with van der Waals surface area (Å²) >= 11 is 0. The highest BCUT2D eigenvalue weighted by atomic mass is 19.1. The summed E-state index contributed by atoms with van der Waals surface area (Å²) in [6.45, 7) is 0.139. The lowest BCUT2D eigenvalue weighted by atomic mass is 10.1. The molecule has 0 saturated carbocycles. The van der Waals surface area contributed by atoms with Crippen molar-refractivity contribution in [3.05, 3.63) is 30.1 Å². The molecule has 1 aliphatic heterocycles. The second-order valence-electron chi connectivity index (χ2n) is 4.69. The van der Waals surface area contributed by atoms with E-state index in [0.717, 1.165) is 4.90 Å². The molecular weight excluding hydrogens is 277 g/mol. The SMILES string of the molecule is N#CC1CC(C(=O)NNc2ccc(F)cc2)N(C(N)=O)C1. The summed E-state index contributed by atoms with van der Waals surface area (Å²) in [5.41, 5.74) is 10.7. The van der Waals surface area contributed by atoms with E-state index >= 15 is 0 Å². The smallest absolute Gasteiger partial charge is 0.315 e. The fourth-order valence-electron chi connectivity index (χ4n) is 2.17. The van der Waals surface area contributed by atoms with Crippen molar-refractivity contribution < 1.29 is 14.0 Å². The summed E-state index contributed by atoms with van der Waals surface area (Å²) < 4.78 is 12.7. The topological polar surface area (TPSA) is 111 Å². The molecule has 1 aromatic rings. The molecule has 1 aliphatic rings. The second kappa shape index (κ2) is 6.09. The summed E-state index contributed by atoms with van der Waals surface area (Å²) in [6, 6.07) is 5.88. The van der Waals surface area contributed by atoms with Crippen LogP contribution in [-0.4, -0.2) is 29.4 Å². The number of hydrogen-bond acceptors (Lipinski definition) is 4. The van der Waals surface area contributed by atoms with Gasteiger partial charge < -0.3 is 10.6 Å². The number of amides is 3. The summed E-state index contributed by atoms with van der Waals surface area (Å²) in [4.78, 5) is 24.5. The van der Waals surface area contributed by atoms with E-state index in [4.69, 9.17) is 11.0 Å². The standard InChI is InChI=1S/C13H14FN5O2/c14-9-1-3-10(4-2-9)17-18-12(20)11-5-8(6-15)7-19(11)13(16)21/h1-4,8,11,17H,5,7H2,(H2,16,21)(H,18,20). The van der Waals surface area contributed by atoms with E-state index in [1.165, 1.54) is 24.3 Å². The zero-order chi connectivity index (χ0) is 15.4. The largest absolute Gasteiger partial charge is 0.351 e. The zero-order valence-electron chi connectivity index (χ0n) is 11.0. The number of hydrogen-bond donors (Lipinski definition) is 3. The first-order valence-electron chi connectivity index (χ1n) is 6.28. The monoisotopic (exact) mass is 291 g/mol. The average Bonchev–Trinajstić information content (AvgIpc) is 2.91. The van der Waals surface area contributed by atoms with Crippen LogP contribution in [0.15, 0.2) is 24.3 Å². The van der Waals surface area contributed by atoms with Crippen LogP contribution in [0, 0.1) is 23.1 Å². The maximum atomic E-state index is 12.7. The van der Waals surface area contributed by atoms with Crippen LogP contribution in [0.4, 0.5) is 14.9 Å². The number of likely N-dealkylation sites (tertiary alicyclic amines) is 1. The molecule has 0 aromatic heterocycles. The lowest BCUT2D eigenvalue weighted by Crippen LogP contribution is -2.49. The molecule has 7 nitrogen and oxygen atoms in total. The summed E-state index contributed by atoms with van der Waals surface area (Å²) in [7, 11) is 0. The van der Waals surface area contributed by atoms with Crippen LogP contribution < -0.4 is 16.6 Å². The minimum absolute atomic E-state index is 0.139. The third-order valence-electron chi connectivity index (χ3n) is 3.24. The van der Waals surface area contributed by atoms with Gasteiger partial charge in [-0.25, -0.2) is 9.18 Å². The van der Waals surface area contributed by atoms with E-state index in [-0.39, 0.29) is 18.8 Å². The van der Waals surface area contributed by atoms with Crippen LogP contribution in [0.2, 0.25) is 0 Å². The molecular formula is C13H14FN5O2. The molecule has 1 aromatic carbocycles. The van der Waals surface area contributed by atoms with Crippen molar-refractivity contribution >= 4 is 17.6 Å². The number of halogens is 1. The molecule has 3 amide bonds. The lowest BCUT2D eigenvalue weighted by Gasteiger charge is -2.21. The van der Waals surface area contributed by atoms with Gasteiger partial charge >= 0.3 is 6.03 Å². The highest BCUT2D eigenvalue weighted by molar-refractivity contribution is 5.88. The number of benzene rings is 1. The van der Waals surface area contributed by atoms with Crippen molar-refractivity contribution in [3.8, 4) is 6.07 Å². The van der Waals surface area contributed by atoms with E-state index in [2.05, 4.69) is 10.9 Å². The Hall–Kier alpha value is -2.82. The zero-order valence-corrected chi connectivity index (χ0v) is 11.0. The van der Waals surface area contributed by atoms with Gasteiger partial charge in [-0.05, 0) is 30.7 Å². The van der Waals surface area contributed by atoms with Crippen LogP contribution in [-0.2, 0) is 4.79 Å². The number of nitrogens with one attached hydrogen (secondary N) is 2. The summed E-state index contributed by atoms with van der Waals surface area (Å²) in [5, 5.41) is 8.89. The predicted molar refractivity (Wildman–Crippen MR) is 72.0 cm³/mol. The number of nitrogens with zero attached hydrogens (tertiary/aromatic N) is 2. The first-order chi connectivity index (χ1) is 10.0. The third-order valence-corrected chi connectivity index (χ3v) is 3.24. The summed E-state index contributed by atoms with van der Waals surface area (Å²) in [5.74, 6) is -1.28. The number of nitriles is 1. The molecule has 1 fully saturated rings. The van der Waals surface area contributed by atoms with Gasteiger partial charge in [-0.15, -0.1) is 0 Å². The minimum atomic E-state index is -0.792. The van der Waals surface area contributed by atoms with Crippen molar-refractivity contribution in [3.63, 3.8) is 0 Å². The molecule has 110 valence electrons. The molecule has 1 saturated heterocycles. The molecule has 0 radical (unpaired) electrons. The Morgan fingerprint density at radius 2 is 2.05 bits per heavy atom. The number of anilines is 1. The van der Waals surface area contributed by atoms with Gasteiger partial charge in [0, 0.05) is 6.54 Å². The number of carbonyl (C=O) groups excluding carboxylic acids is 2. The molecule has 1 heterocycles. The van der Waals surface area contributed by atoms with Gasteiger partial charge in [-0.2, -0.15) is 5.26 Å². The number of hydrazine groups is 1. The van der Waals surface area contributed by atoms with Gasteiger partial charge in [0.1, 0.15) is 11.9 Å². The van der Waals surface area contributed by atoms with Crippen molar-refractivity contribution in [1.82, 2.24) is 10.3 Å². The highest BCUT2D eigenvalue weighted by Crippen LogP contribution is 2.22.